The van der Waals surface area contributed by atoms with E-state index >= 15 is 0 Å². The minimum atomic E-state index is -0.704. The molecule has 1 aliphatic heterocycles. The Kier molecular flexibility index (Phi) is 5.65. The molecule has 126 valence electrons. The summed E-state index contributed by atoms with van der Waals surface area (Å²) < 4.78 is 16.6. The Morgan fingerprint density at radius 2 is 2.00 bits per heavy atom. The third-order valence-electron chi connectivity index (χ3n) is 4.09. The summed E-state index contributed by atoms with van der Waals surface area (Å²) in [5.41, 5.74) is 0.566. The number of fused-ring (bicyclic) bond motifs is 1. The molecule has 0 bridgehead atoms. The maximum atomic E-state index is 10.0. The number of rotatable bonds is 6. The molecule has 5 heteroatoms. The first-order valence-electron chi connectivity index (χ1n) is 8.19. The van der Waals surface area contributed by atoms with Crippen LogP contribution in [0.2, 0.25) is 0 Å². The van der Waals surface area contributed by atoms with Gasteiger partial charge in [-0.25, -0.2) is 0 Å². The first kappa shape index (κ1) is 16.7. The smallest absolute Gasteiger partial charge is 0.121 e. The van der Waals surface area contributed by atoms with E-state index in [9.17, 15) is 10.4 Å². The van der Waals surface area contributed by atoms with Gasteiger partial charge in [-0.05, 0) is 35.7 Å². The maximum Gasteiger partial charge on any atom is 0.121 e. The highest BCUT2D eigenvalue weighted by Gasteiger charge is 2.16. The van der Waals surface area contributed by atoms with E-state index in [-0.39, 0.29) is 19.3 Å². The number of hydrogen-bond acceptors (Lipinski definition) is 5. The summed E-state index contributed by atoms with van der Waals surface area (Å²) in [7, 11) is 0. The largest absolute Gasteiger partial charge is 0.491 e. The van der Waals surface area contributed by atoms with E-state index in [4.69, 9.17) is 14.2 Å². The zero-order chi connectivity index (χ0) is 16.8. The Balaban J connectivity index is 1.56. The topological polar surface area (TPSA) is 71.7 Å². The number of hydrogen-bond donors (Lipinski definition) is 1. The number of aliphatic hydroxyl groups is 1. The Hall–Kier alpha value is -2.13. The maximum absolute atomic E-state index is 10.0. The average molecular weight is 327 g/mol. The molecule has 1 atom stereocenters. The quantitative estimate of drug-likeness (QED) is 0.883. The van der Waals surface area contributed by atoms with Crippen LogP contribution in [-0.4, -0.2) is 43.7 Å². The van der Waals surface area contributed by atoms with E-state index in [0.717, 1.165) is 23.6 Å². The van der Waals surface area contributed by atoms with Crippen molar-refractivity contribution in [3.8, 4) is 11.8 Å². The monoisotopic (exact) mass is 327 g/mol. The van der Waals surface area contributed by atoms with Crippen molar-refractivity contribution in [3.63, 3.8) is 0 Å². The zero-order valence-electron chi connectivity index (χ0n) is 13.5. The number of aliphatic hydroxyl groups excluding tert-OH is 1. The van der Waals surface area contributed by atoms with Gasteiger partial charge in [0, 0.05) is 13.2 Å². The minimum absolute atomic E-state index is 0.131. The van der Waals surface area contributed by atoms with Crippen molar-refractivity contribution < 1.29 is 19.3 Å². The zero-order valence-corrected chi connectivity index (χ0v) is 13.5. The van der Waals surface area contributed by atoms with Gasteiger partial charge in [-0.2, -0.15) is 5.26 Å². The van der Waals surface area contributed by atoms with E-state index in [1.165, 1.54) is 0 Å². The number of nitrogens with zero attached hydrogens (tertiary/aromatic N) is 1. The van der Waals surface area contributed by atoms with Crippen molar-refractivity contribution in [3.05, 3.63) is 42.0 Å². The third-order valence-corrected chi connectivity index (χ3v) is 4.09. The van der Waals surface area contributed by atoms with E-state index < -0.39 is 6.10 Å². The molecule has 0 aromatic heterocycles. The van der Waals surface area contributed by atoms with Gasteiger partial charge in [-0.15, -0.1) is 0 Å². The Morgan fingerprint density at radius 1 is 1.21 bits per heavy atom. The number of benzene rings is 2. The molecule has 2 aromatic carbocycles. The minimum Gasteiger partial charge on any atom is -0.491 e. The first-order valence-corrected chi connectivity index (χ1v) is 8.19. The molecule has 0 aliphatic carbocycles. The number of nitriles is 1. The Morgan fingerprint density at radius 3 is 2.79 bits per heavy atom. The van der Waals surface area contributed by atoms with E-state index in [2.05, 4.69) is 6.07 Å². The molecular formula is C19H21NO4. The summed E-state index contributed by atoms with van der Waals surface area (Å²) in [4.78, 5) is 0. The van der Waals surface area contributed by atoms with Crippen molar-refractivity contribution in [2.45, 2.75) is 25.0 Å². The third kappa shape index (κ3) is 4.24. The lowest BCUT2D eigenvalue weighted by atomic mass is 10.1. The highest BCUT2D eigenvalue weighted by molar-refractivity contribution is 5.89. The van der Waals surface area contributed by atoms with Crippen molar-refractivity contribution >= 4 is 10.8 Å². The van der Waals surface area contributed by atoms with Crippen molar-refractivity contribution in [2.24, 2.45) is 0 Å². The average Bonchev–Trinajstić information content (AvgIpc) is 2.64. The van der Waals surface area contributed by atoms with Crippen LogP contribution in [-0.2, 0) is 9.47 Å². The van der Waals surface area contributed by atoms with Gasteiger partial charge in [-0.1, -0.05) is 24.3 Å². The lowest BCUT2D eigenvalue weighted by molar-refractivity contribution is -0.0659. The van der Waals surface area contributed by atoms with Crippen LogP contribution in [0.4, 0.5) is 0 Å². The van der Waals surface area contributed by atoms with E-state index in [1.807, 2.05) is 30.3 Å². The van der Waals surface area contributed by atoms with E-state index in [1.54, 1.807) is 6.07 Å². The van der Waals surface area contributed by atoms with Crippen LogP contribution in [0.25, 0.3) is 10.8 Å². The fourth-order valence-electron chi connectivity index (χ4n) is 2.79. The summed E-state index contributed by atoms with van der Waals surface area (Å²) >= 11 is 0. The van der Waals surface area contributed by atoms with Crippen molar-refractivity contribution in [2.75, 3.05) is 26.4 Å². The molecule has 0 radical (unpaired) electrons. The van der Waals surface area contributed by atoms with Gasteiger partial charge in [0.15, 0.2) is 0 Å². The molecule has 24 heavy (non-hydrogen) atoms. The van der Waals surface area contributed by atoms with Crippen molar-refractivity contribution in [1.82, 2.24) is 0 Å². The lowest BCUT2D eigenvalue weighted by Crippen LogP contribution is -2.30. The molecule has 1 heterocycles. The van der Waals surface area contributed by atoms with Crippen LogP contribution in [0.15, 0.2) is 36.4 Å². The molecule has 1 unspecified atom stereocenters. The Labute approximate surface area is 141 Å². The van der Waals surface area contributed by atoms with Crippen molar-refractivity contribution in [1.29, 1.82) is 5.26 Å². The first-order chi connectivity index (χ1) is 11.8. The predicted octanol–water partition coefficient (Wildman–Crippen LogP) is 2.65. The second kappa shape index (κ2) is 8.11. The van der Waals surface area contributed by atoms with Gasteiger partial charge in [0.05, 0.1) is 24.3 Å². The lowest BCUT2D eigenvalue weighted by Gasteiger charge is -2.23. The van der Waals surface area contributed by atoms with Crippen LogP contribution >= 0.6 is 0 Å². The standard InChI is InChI=1S/C19H21NO4/c20-11-15-10-18(9-14-3-1-2-4-19(14)15)24-13-16(21)12-23-17-5-7-22-8-6-17/h1-4,9-10,16-17,21H,5-8,12-13H2. The molecular weight excluding hydrogens is 306 g/mol. The van der Waals surface area contributed by atoms with Gasteiger partial charge in [-0.3, -0.25) is 0 Å². The molecule has 5 nitrogen and oxygen atoms in total. The molecule has 0 amide bonds. The molecule has 1 N–H and O–H groups in total. The van der Waals surface area contributed by atoms with Crippen LogP contribution in [0, 0.1) is 11.3 Å². The van der Waals surface area contributed by atoms with Gasteiger partial charge in [0.1, 0.15) is 18.5 Å². The highest BCUT2D eigenvalue weighted by atomic mass is 16.5. The second-order valence-electron chi connectivity index (χ2n) is 5.91. The molecule has 0 saturated carbocycles. The summed E-state index contributed by atoms with van der Waals surface area (Å²) in [6.45, 7) is 1.80. The van der Waals surface area contributed by atoms with Gasteiger partial charge in [0.25, 0.3) is 0 Å². The van der Waals surface area contributed by atoms with Gasteiger partial charge < -0.3 is 19.3 Å². The SMILES string of the molecule is N#Cc1cc(OCC(O)COC2CCOCC2)cc2ccccc12. The molecule has 0 spiro atoms. The van der Waals surface area contributed by atoms with Gasteiger partial charge >= 0.3 is 0 Å². The fraction of sp³-hybridized carbons (Fsp3) is 0.421. The second-order valence-corrected chi connectivity index (χ2v) is 5.91. The summed E-state index contributed by atoms with van der Waals surface area (Å²) in [5, 5.41) is 21.2. The molecule has 2 aromatic rings. The highest BCUT2D eigenvalue weighted by Crippen LogP contribution is 2.25. The molecule has 3 rings (SSSR count). The number of ether oxygens (including phenoxy) is 3. The predicted molar refractivity (Wildman–Crippen MR) is 90.0 cm³/mol. The van der Waals surface area contributed by atoms with Crippen LogP contribution in [0.5, 0.6) is 5.75 Å². The van der Waals surface area contributed by atoms with Crippen LogP contribution < -0.4 is 4.74 Å². The summed E-state index contributed by atoms with van der Waals surface area (Å²) in [5.74, 6) is 0.579. The molecule has 1 fully saturated rings. The summed E-state index contributed by atoms with van der Waals surface area (Å²) in [6, 6.07) is 13.4. The molecule has 1 saturated heterocycles. The Bertz CT molecular complexity index is 719. The van der Waals surface area contributed by atoms with Gasteiger partial charge in [0.2, 0.25) is 0 Å². The molecule has 1 aliphatic rings. The van der Waals surface area contributed by atoms with Crippen LogP contribution in [0.1, 0.15) is 18.4 Å². The normalized spacial score (nSPS) is 16.7. The summed E-state index contributed by atoms with van der Waals surface area (Å²) in [6.07, 6.45) is 1.18. The van der Waals surface area contributed by atoms with Crippen LogP contribution in [0.3, 0.4) is 0 Å². The fourth-order valence-corrected chi connectivity index (χ4v) is 2.79. The van der Waals surface area contributed by atoms with E-state index in [0.29, 0.717) is 24.5 Å².